The third kappa shape index (κ3) is 4.41. The summed E-state index contributed by atoms with van der Waals surface area (Å²) >= 11 is 1.22. The van der Waals surface area contributed by atoms with E-state index in [2.05, 4.69) is 21.6 Å². The molecule has 0 fully saturated rings. The zero-order valence-electron chi connectivity index (χ0n) is 19.6. The minimum Gasteiger partial charge on any atom is -0.337 e. The van der Waals surface area contributed by atoms with Crippen molar-refractivity contribution in [3.63, 3.8) is 0 Å². The van der Waals surface area contributed by atoms with Gasteiger partial charge in [-0.1, -0.05) is 67.6 Å². The molecule has 8 nitrogen and oxygen atoms in total. The van der Waals surface area contributed by atoms with E-state index < -0.39 is 5.54 Å². The van der Waals surface area contributed by atoms with Gasteiger partial charge in [0.2, 0.25) is 11.7 Å². The van der Waals surface area contributed by atoms with Crippen LogP contribution in [0.2, 0.25) is 0 Å². The van der Waals surface area contributed by atoms with Gasteiger partial charge in [0.25, 0.3) is 5.56 Å². The van der Waals surface area contributed by atoms with Gasteiger partial charge in [-0.3, -0.25) is 18.6 Å². The number of aromatic nitrogens is 4. The van der Waals surface area contributed by atoms with Crippen molar-refractivity contribution >= 4 is 34.3 Å². The van der Waals surface area contributed by atoms with Gasteiger partial charge in [0.1, 0.15) is 5.54 Å². The normalized spacial score (nSPS) is 13.2. The number of carbonyl (C=O) groups excluding carboxylic acids is 1. The Hall–Kier alpha value is -3.64. The van der Waals surface area contributed by atoms with Crippen LogP contribution in [0.3, 0.4) is 0 Å². The second kappa shape index (κ2) is 9.31. The highest BCUT2D eigenvalue weighted by Crippen LogP contribution is 2.23. The topological polar surface area (TPSA) is 105 Å². The molecule has 0 saturated carbocycles. The maximum atomic E-state index is 13.3. The van der Waals surface area contributed by atoms with Crippen molar-refractivity contribution in [2.45, 2.75) is 44.9 Å². The monoisotopic (exact) mass is 474 g/mol. The molecule has 0 radical (unpaired) electrons. The van der Waals surface area contributed by atoms with Gasteiger partial charge in [0.05, 0.1) is 29.3 Å². The van der Waals surface area contributed by atoms with Gasteiger partial charge in [-0.2, -0.15) is 5.26 Å². The summed E-state index contributed by atoms with van der Waals surface area (Å²) in [6, 6.07) is 17.5. The number of nitrogens with one attached hydrogen (secondary N) is 1. The van der Waals surface area contributed by atoms with Crippen molar-refractivity contribution in [1.29, 1.82) is 5.26 Å². The summed E-state index contributed by atoms with van der Waals surface area (Å²) in [6.07, 6.45) is 0. The lowest BCUT2D eigenvalue weighted by molar-refractivity contribution is -0.120. The van der Waals surface area contributed by atoms with E-state index >= 15 is 0 Å². The molecule has 0 aliphatic heterocycles. The SMILES string of the molecule is Cc1ccc(Cn2c(=O)c3ccccc3n3c(SCC(=O)N[C@@](C)(C#N)C(C)C)nnc23)cc1. The highest BCUT2D eigenvalue weighted by atomic mass is 32.2. The molecule has 2 aromatic heterocycles. The molecule has 34 heavy (non-hydrogen) atoms. The van der Waals surface area contributed by atoms with E-state index in [4.69, 9.17) is 0 Å². The predicted octanol–water partition coefficient (Wildman–Crippen LogP) is 3.55. The molecule has 0 spiro atoms. The number of hydrogen-bond acceptors (Lipinski definition) is 6. The van der Waals surface area contributed by atoms with Crippen molar-refractivity contribution in [3.05, 3.63) is 70.0 Å². The van der Waals surface area contributed by atoms with Crippen LogP contribution in [0, 0.1) is 24.2 Å². The van der Waals surface area contributed by atoms with E-state index in [9.17, 15) is 14.9 Å². The lowest BCUT2D eigenvalue weighted by Crippen LogP contribution is -2.49. The Morgan fingerprint density at radius 1 is 1.18 bits per heavy atom. The summed E-state index contributed by atoms with van der Waals surface area (Å²) in [7, 11) is 0. The number of benzene rings is 2. The fraction of sp³-hybridized carbons (Fsp3) is 0.320. The lowest BCUT2D eigenvalue weighted by Gasteiger charge is -2.27. The molecule has 4 aromatic rings. The Morgan fingerprint density at radius 2 is 1.88 bits per heavy atom. The van der Waals surface area contributed by atoms with Crippen LogP contribution < -0.4 is 10.9 Å². The summed E-state index contributed by atoms with van der Waals surface area (Å²) in [5, 5.41) is 22.0. The van der Waals surface area contributed by atoms with E-state index in [0.717, 1.165) is 11.1 Å². The van der Waals surface area contributed by atoms with Crippen molar-refractivity contribution in [2.75, 3.05) is 5.75 Å². The first-order valence-corrected chi connectivity index (χ1v) is 12.0. The van der Waals surface area contributed by atoms with Crippen molar-refractivity contribution in [3.8, 4) is 6.07 Å². The molecule has 9 heteroatoms. The largest absolute Gasteiger partial charge is 0.337 e. The first-order chi connectivity index (χ1) is 16.2. The van der Waals surface area contributed by atoms with Gasteiger partial charge in [-0.15, -0.1) is 10.2 Å². The third-order valence-electron chi connectivity index (χ3n) is 6.06. The van der Waals surface area contributed by atoms with E-state index in [1.54, 1.807) is 17.6 Å². The maximum absolute atomic E-state index is 13.3. The van der Waals surface area contributed by atoms with Gasteiger partial charge < -0.3 is 5.32 Å². The quantitative estimate of drug-likeness (QED) is 0.411. The molecule has 4 rings (SSSR count). The second-order valence-corrected chi connectivity index (χ2v) is 9.76. The number of aryl methyl sites for hydroxylation is 1. The van der Waals surface area contributed by atoms with Crippen LogP contribution in [0.5, 0.6) is 0 Å². The Morgan fingerprint density at radius 3 is 2.56 bits per heavy atom. The Kier molecular flexibility index (Phi) is 6.44. The highest BCUT2D eigenvalue weighted by molar-refractivity contribution is 7.99. The standard InChI is InChI=1S/C25H26N6O2S/c1-16(2)25(4,15-26)27-21(32)14-34-24-29-28-23-30(13-18-11-9-17(3)10-12-18)22(33)19-7-5-6-8-20(19)31(23)24/h5-12,16H,13-14H2,1-4H3,(H,27,32)/t25-/m0/s1. The van der Waals surface area contributed by atoms with Gasteiger partial charge in [-0.05, 0) is 37.5 Å². The zero-order valence-corrected chi connectivity index (χ0v) is 20.4. The van der Waals surface area contributed by atoms with Crippen LogP contribution in [0.4, 0.5) is 0 Å². The van der Waals surface area contributed by atoms with Crippen molar-refractivity contribution in [1.82, 2.24) is 24.5 Å². The van der Waals surface area contributed by atoms with Gasteiger partial charge >= 0.3 is 0 Å². The molecule has 0 aliphatic carbocycles. The molecule has 0 bridgehead atoms. The molecule has 0 aliphatic rings. The van der Waals surface area contributed by atoms with Gasteiger partial charge in [0, 0.05) is 0 Å². The number of amides is 1. The molecule has 1 amide bonds. The summed E-state index contributed by atoms with van der Waals surface area (Å²) in [5.41, 5.74) is 1.70. The number of nitriles is 1. The lowest BCUT2D eigenvalue weighted by atomic mass is 9.90. The number of fused-ring (bicyclic) bond motifs is 3. The molecule has 0 saturated heterocycles. The molecule has 2 aromatic carbocycles. The highest BCUT2D eigenvalue weighted by Gasteiger charge is 2.30. The maximum Gasteiger partial charge on any atom is 0.263 e. The van der Waals surface area contributed by atoms with E-state index in [-0.39, 0.29) is 23.1 Å². The number of nitrogens with zero attached hydrogens (tertiary/aromatic N) is 5. The van der Waals surface area contributed by atoms with Crippen LogP contribution in [-0.2, 0) is 11.3 Å². The molecule has 1 atom stereocenters. The average Bonchev–Trinajstić information content (AvgIpc) is 3.25. The number of hydrogen-bond donors (Lipinski definition) is 1. The number of para-hydroxylation sites is 1. The van der Waals surface area contributed by atoms with Gasteiger partial charge in [-0.25, -0.2) is 0 Å². The number of carbonyl (C=O) groups is 1. The molecule has 0 unspecified atom stereocenters. The van der Waals surface area contributed by atoms with Gasteiger partial charge in [0.15, 0.2) is 5.16 Å². The first-order valence-electron chi connectivity index (χ1n) is 11.0. The fourth-order valence-corrected chi connectivity index (χ4v) is 4.34. The van der Waals surface area contributed by atoms with Crippen LogP contribution >= 0.6 is 11.8 Å². The zero-order chi connectivity index (χ0) is 24.5. The van der Waals surface area contributed by atoms with E-state index in [0.29, 0.717) is 28.4 Å². The Bertz CT molecular complexity index is 1470. The average molecular weight is 475 g/mol. The van der Waals surface area contributed by atoms with Crippen LogP contribution in [0.25, 0.3) is 16.7 Å². The summed E-state index contributed by atoms with van der Waals surface area (Å²) in [4.78, 5) is 25.9. The number of rotatable bonds is 7. The number of thioether (sulfide) groups is 1. The van der Waals surface area contributed by atoms with Crippen molar-refractivity contribution in [2.24, 2.45) is 5.92 Å². The molecular formula is C25H26N6O2S. The van der Waals surface area contributed by atoms with Crippen LogP contribution in [0.1, 0.15) is 31.9 Å². The molecular weight excluding hydrogens is 448 g/mol. The van der Waals surface area contributed by atoms with Crippen molar-refractivity contribution < 1.29 is 4.79 Å². The van der Waals surface area contributed by atoms with E-state index in [1.807, 2.05) is 67.6 Å². The Labute approximate surface area is 201 Å². The minimum absolute atomic E-state index is 0.0412. The first kappa shape index (κ1) is 23.5. The minimum atomic E-state index is -0.953. The Balaban J connectivity index is 1.72. The second-order valence-electron chi connectivity index (χ2n) is 8.82. The molecule has 174 valence electrons. The summed E-state index contributed by atoms with van der Waals surface area (Å²) in [5.74, 6) is 0.171. The smallest absolute Gasteiger partial charge is 0.263 e. The fourth-order valence-electron chi connectivity index (χ4n) is 3.60. The van der Waals surface area contributed by atoms with E-state index in [1.165, 1.54) is 11.8 Å². The molecule has 2 heterocycles. The summed E-state index contributed by atoms with van der Waals surface area (Å²) < 4.78 is 3.42. The van der Waals surface area contributed by atoms with Crippen LogP contribution in [-0.4, -0.2) is 36.4 Å². The van der Waals surface area contributed by atoms with Crippen LogP contribution in [0.15, 0.2) is 58.5 Å². The summed E-state index contributed by atoms with van der Waals surface area (Å²) in [6.45, 7) is 7.86. The molecule has 1 N–H and O–H groups in total. The third-order valence-corrected chi connectivity index (χ3v) is 6.99. The predicted molar refractivity (Wildman–Crippen MR) is 133 cm³/mol.